The summed E-state index contributed by atoms with van der Waals surface area (Å²) in [7, 11) is 0. The van der Waals surface area contributed by atoms with Gasteiger partial charge >= 0.3 is 0 Å². The number of hydrogen-bond donors (Lipinski definition) is 1. The standard InChI is InChI=1S/C15H19FN4O/c1-8-17-9(2)20-7-11(16)12(13(20)18-8)14(21)19-15(3,4)10-5-6-10/h7,10H,5-6H2,1-4H3,(H,19,21). The van der Waals surface area contributed by atoms with Crippen LogP contribution in [0.15, 0.2) is 6.20 Å². The number of nitrogens with one attached hydrogen (secondary N) is 1. The Morgan fingerprint density at radius 1 is 1.38 bits per heavy atom. The van der Waals surface area contributed by atoms with Crippen LogP contribution in [0, 0.1) is 25.6 Å². The summed E-state index contributed by atoms with van der Waals surface area (Å²) in [5, 5.41) is 2.94. The van der Waals surface area contributed by atoms with Gasteiger partial charge in [-0.3, -0.25) is 9.20 Å². The zero-order valence-electron chi connectivity index (χ0n) is 12.7. The topological polar surface area (TPSA) is 59.3 Å². The first-order valence-electron chi connectivity index (χ1n) is 7.14. The maximum Gasteiger partial charge on any atom is 0.258 e. The van der Waals surface area contributed by atoms with E-state index in [-0.39, 0.29) is 11.1 Å². The quantitative estimate of drug-likeness (QED) is 0.944. The van der Waals surface area contributed by atoms with E-state index in [1.165, 1.54) is 10.6 Å². The van der Waals surface area contributed by atoms with E-state index in [2.05, 4.69) is 15.3 Å². The smallest absolute Gasteiger partial charge is 0.258 e. The van der Waals surface area contributed by atoms with E-state index >= 15 is 0 Å². The van der Waals surface area contributed by atoms with Crippen LogP contribution >= 0.6 is 0 Å². The molecule has 112 valence electrons. The summed E-state index contributed by atoms with van der Waals surface area (Å²) < 4.78 is 15.7. The molecule has 0 spiro atoms. The minimum Gasteiger partial charge on any atom is -0.347 e. The number of carbonyl (C=O) groups is 1. The van der Waals surface area contributed by atoms with Crippen molar-refractivity contribution < 1.29 is 9.18 Å². The highest BCUT2D eigenvalue weighted by molar-refractivity contribution is 6.00. The van der Waals surface area contributed by atoms with E-state index in [0.717, 1.165) is 12.8 Å². The third-order valence-electron chi connectivity index (χ3n) is 4.13. The lowest BCUT2D eigenvalue weighted by Gasteiger charge is -2.25. The average molecular weight is 290 g/mol. The average Bonchev–Trinajstić information content (AvgIpc) is 3.13. The molecule has 1 amide bonds. The summed E-state index contributed by atoms with van der Waals surface area (Å²) >= 11 is 0. The Kier molecular flexibility index (Phi) is 3.00. The van der Waals surface area contributed by atoms with Crippen molar-refractivity contribution in [2.75, 3.05) is 0 Å². The van der Waals surface area contributed by atoms with Crippen LogP contribution in [0.4, 0.5) is 4.39 Å². The highest BCUT2D eigenvalue weighted by Crippen LogP contribution is 2.39. The molecule has 1 saturated carbocycles. The molecule has 2 aromatic heterocycles. The molecule has 0 radical (unpaired) electrons. The first-order valence-corrected chi connectivity index (χ1v) is 7.14. The summed E-state index contributed by atoms with van der Waals surface area (Å²) in [6, 6.07) is 0. The van der Waals surface area contributed by atoms with E-state index < -0.39 is 11.7 Å². The Morgan fingerprint density at radius 2 is 2.05 bits per heavy atom. The summed E-state index contributed by atoms with van der Waals surface area (Å²) in [5.74, 6) is 0.619. The Hall–Kier alpha value is -1.98. The Labute approximate surface area is 122 Å². The molecule has 2 heterocycles. The molecule has 0 bridgehead atoms. The van der Waals surface area contributed by atoms with E-state index in [9.17, 15) is 9.18 Å². The maximum atomic E-state index is 14.2. The number of aromatic nitrogens is 3. The van der Waals surface area contributed by atoms with Crippen LogP contribution in [0.2, 0.25) is 0 Å². The molecule has 5 nitrogen and oxygen atoms in total. The fourth-order valence-corrected chi connectivity index (χ4v) is 2.76. The number of carbonyl (C=O) groups excluding carboxylic acids is 1. The molecular weight excluding hydrogens is 271 g/mol. The Bertz CT molecular complexity index is 731. The SMILES string of the molecule is Cc1nc(C)n2cc(F)c(C(=O)NC(C)(C)C3CC3)c2n1. The van der Waals surface area contributed by atoms with Gasteiger partial charge in [0.2, 0.25) is 0 Å². The maximum absolute atomic E-state index is 14.2. The van der Waals surface area contributed by atoms with E-state index in [1.54, 1.807) is 13.8 Å². The van der Waals surface area contributed by atoms with Gasteiger partial charge in [-0.15, -0.1) is 0 Å². The minimum absolute atomic E-state index is 0.00248. The molecule has 0 atom stereocenters. The summed E-state index contributed by atoms with van der Waals surface area (Å²) in [6.45, 7) is 7.44. The van der Waals surface area contributed by atoms with Crippen molar-refractivity contribution in [1.82, 2.24) is 19.7 Å². The molecule has 1 N–H and O–H groups in total. The number of nitrogens with zero attached hydrogens (tertiary/aromatic N) is 3. The largest absolute Gasteiger partial charge is 0.347 e. The first kappa shape index (κ1) is 14.0. The second kappa shape index (κ2) is 4.51. The van der Waals surface area contributed by atoms with Crippen molar-refractivity contribution in [3.8, 4) is 0 Å². The molecule has 1 aliphatic rings. The molecule has 1 aliphatic carbocycles. The number of amides is 1. The minimum atomic E-state index is -0.568. The second-order valence-corrected chi connectivity index (χ2v) is 6.31. The fraction of sp³-hybridized carbons (Fsp3) is 0.533. The zero-order valence-corrected chi connectivity index (χ0v) is 12.7. The van der Waals surface area contributed by atoms with Crippen LogP contribution in [-0.2, 0) is 0 Å². The molecular formula is C15H19FN4O. The molecule has 6 heteroatoms. The number of fused-ring (bicyclic) bond motifs is 1. The lowest BCUT2D eigenvalue weighted by Crippen LogP contribution is -2.45. The normalized spacial score (nSPS) is 15.5. The summed E-state index contributed by atoms with van der Waals surface area (Å²) in [5.41, 5.74) is -0.00605. The molecule has 0 unspecified atom stereocenters. The predicted molar refractivity (Wildman–Crippen MR) is 76.7 cm³/mol. The van der Waals surface area contributed by atoms with Gasteiger partial charge < -0.3 is 5.32 Å². The van der Waals surface area contributed by atoms with Gasteiger partial charge in [-0.05, 0) is 46.5 Å². The van der Waals surface area contributed by atoms with Gasteiger partial charge in [0.1, 0.15) is 17.2 Å². The lowest BCUT2D eigenvalue weighted by molar-refractivity contribution is 0.0901. The van der Waals surface area contributed by atoms with Crippen molar-refractivity contribution in [2.45, 2.75) is 46.1 Å². The molecule has 0 aliphatic heterocycles. The van der Waals surface area contributed by atoms with Gasteiger partial charge in [0.25, 0.3) is 5.91 Å². The van der Waals surface area contributed by atoms with Crippen LogP contribution in [0.5, 0.6) is 0 Å². The van der Waals surface area contributed by atoms with Crippen molar-refractivity contribution in [3.05, 3.63) is 29.2 Å². The number of halogens is 1. The molecule has 2 aromatic rings. The highest BCUT2D eigenvalue weighted by atomic mass is 19.1. The van der Waals surface area contributed by atoms with E-state index in [4.69, 9.17) is 0 Å². The summed E-state index contributed by atoms with van der Waals surface area (Å²) in [6.07, 6.45) is 3.47. The van der Waals surface area contributed by atoms with Crippen LogP contribution in [-0.4, -0.2) is 25.8 Å². The first-order chi connectivity index (χ1) is 9.79. The van der Waals surface area contributed by atoms with Crippen LogP contribution < -0.4 is 5.32 Å². The van der Waals surface area contributed by atoms with Crippen molar-refractivity contribution >= 4 is 11.6 Å². The Morgan fingerprint density at radius 3 is 2.67 bits per heavy atom. The molecule has 0 saturated heterocycles. The zero-order chi connectivity index (χ0) is 15.4. The van der Waals surface area contributed by atoms with Crippen molar-refractivity contribution in [3.63, 3.8) is 0 Å². The van der Waals surface area contributed by atoms with Gasteiger partial charge in [0.05, 0.1) is 0 Å². The van der Waals surface area contributed by atoms with Crippen molar-refractivity contribution in [2.24, 2.45) is 5.92 Å². The molecule has 3 rings (SSSR count). The third-order valence-corrected chi connectivity index (χ3v) is 4.13. The van der Waals surface area contributed by atoms with Crippen LogP contribution in [0.3, 0.4) is 0 Å². The number of hydrogen-bond acceptors (Lipinski definition) is 3. The van der Waals surface area contributed by atoms with Gasteiger partial charge in [-0.1, -0.05) is 0 Å². The molecule has 0 aromatic carbocycles. The predicted octanol–water partition coefficient (Wildman–Crippen LogP) is 2.40. The van der Waals surface area contributed by atoms with Crippen molar-refractivity contribution in [1.29, 1.82) is 0 Å². The van der Waals surface area contributed by atoms with Gasteiger partial charge in [0.15, 0.2) is 11.5 Å². The van der Waals surface area contributed by atoms with Gasteiger partial charge in [-0.2, -0.15) is 0 Å². The number of aryl methyl sites for hydroxylation is 2. The monoisotopic (exact) mass is 290 g/mol. The fourth-order valence-electron chi connectivity index (χ4n) is 2.76. The van der Waals surface area contributed by atoms with Gasteiger partial charge in [0, 0.05) is 11.7 Å². The second-order valence-electron chi connectivity index (χ2n) is 6.31. The van der Waals surface area contributed by atoms with Gasteiger partial charge in [-0.25, -0.2) is 14.4 Å². The Balaban J connectivity index is 2.03. The number of rotatable bonds is 3. The van der Waals surface area contributed by atoms with Crippen LogP contribution in [0.1, 0.15) is 48.7 Å². The van der Waals surface area contributed by atoms with Crippen LogP contribution in [0.25, 0.3) is 5.65 Å². The van der Waals surface area contributed by atoms with E-state index in [1.807, 2.05) is 13.8 Å². The van der Waals surface area contributed by atoms with E-state index in [0.29, 0.717) is 23.2 Å². The highest BCUT2D eigenvalue weighted by Gasteiger charge is 2.39. The molecule has 21 heavy (non-hydrogen) atoms. The third kappa shape index (κ3) is 2.39. The molecule has 1 fully saturated rings. The summed E-state index contributed by atoms with van der Waals surface area (Å²) in [4.78, 5) is 20.9. The lowest BCUT2D eigenvalue weighted by atomic mass is 9.98.